The number of hydrogen-bond acceptors (Lipinski definition) is 4. The van der Waals surface area contributed by atoms with Crippen LogP contribution in [0.3, 0.4) is 0 Å². The van der Waals surface area contributed by atoms with E-state index in [1.54, 1.807) is 6.33 Å². The summed E-state index contributed by atoms with van der Waals surface area (Å²) in [6.45, 7) is 5.64. The molecular weight excluding hydrogens is 264 g/mol. The molecule has 21 heavy (non-hydrogen) atoms. The topological polar surface area (TPSA) is 63.0 Å². The van der Waals surface area contributed by atoms with Crippen molar-refractivity contribution in [2.24, 2.45) is 7.05 Å². The molecule has 0 radical (unpaired) electrons. The number of aromatic nitrogens is 3. The van der Waals surface area contributed by atoms with Gasteiger partial charge in [-0.2, -0.15) is 0 Å². The van der Waals surface area contributed by atoms with Gasteiger partial charge in [-0.3, -0.25) is 0 Å². The van der Waals surface area contributed by atoms with E-state index in [0.29, 0.717) is 12.5 Å². The average Bonchev–Trinajstić information content (AvgIpc) is 2.89. The molecule has 5 heteroatoms. The Morgan fingerprint density at radius 3 is 2.43 bits per heavy atom. The second-order valence-corrected chi connectivity index (χ2v) is 5.65. The van der Waals surface area contributed by atoms with Crippen LogP contribution in [0.4, 0.5) is 0 Å². The molecule has 5 nitrogen and oxygen atoms in total. The van der Waals surface area contributed by atoms with E-state index in [-0.39, 0.29) is 0 Å². The third-order valence-electron chi connectivity index (χ3n) is 3.66. The normalized spacial score (nSPS) is 12.8. The molecule has 0 aliphatic heterocycles. The fourth-order valence-corrected chi connectivity index (χ4v) is 2.19. The van der Waals surface area contributed by atoms with Crippen LogP contribution in [0.5, 0.6) is 0 Å². The molecule has 1 atom stereocenters. The maximum Gasteiger partial charge on any atom is 0.133 e. The van der Waals surface area contributed by atoms with Gasteiger partial charge < -0.3 is 15.0 Å². The van der Waals surface area contributed by atoms with E-state index in [1.165, 1.54) is 5.56 Å². The number of benzene rings is 1. The first-order valence-corrected chi connectivity index (χ1v) is 7.39. The fraction of sp³-hybridized carbons (Fsp3) is 0.500. The minimum absolute atomic E-state index is 0.481. The van der Waals surface area contributed by atoms with Gasteiger partial charge in [0.2, 0.25) is 0 Å². The summed E-state index contributed by atoms with van der Waals surface area (Å²) in [7, 11) is 1.93. The van der Waals surface area contributed by atoms with Gasteiger partial charge in [0.15, 0.2) is 0 Å². The predicted octanol–water partition coefficient (Wildman–Crippen LogP) is 1.80. The Balaban J connectivity index is 1.76. The highest BCUT2D eigenvalue weighted by molar-refractivity contribution is 5.26. The van der Waals surface area contributed by atoms with E-state index in [9.17, 15) is 5.11 Å². The molecule has 1 unspecified atom stereocenters. The third-order valence-corrected chi connectivity index (χ3v) is 3.66. The van der Waals surface area contributed by atoms with Crippen molar-refractivity contribution in [2.45, 2.75) is 32.3 Å². The Labute approximate surface area is 126 Å². The molecule has 2 rings (SSSR count). The lowest BCUT2D eigenvalue weighted by Gasteiger charge is -2.13. The predicted molar refractivity (Wildman–Crippen MR) is 83.1 cm³/mol. The van der Waals surface area contributed by atoms with Gasteiger partial charge in [-0.25, -0.2) is 0 Å². The van der Waals surface area contributed by atoms with E-state index < -0.39 is 6.10 Å². The maximum absolute atomic E-state index is 10.2. The summed E-state index contributed by atoms with van der Waals surface area (Å²) in [6.07, 6.45) is 2.02. The second kappa shape index (κ2) is 7.33. The van der Waals surface area contributed by atoms with Crippen molar-refractivity contribution >= 4 is 0 Å². The van der Waals surface area contributed by atoms with Gasteiger partial charge in [-0.1, -0.05) is 38.1 Å². The molecule has 0 spiro atoms. The van der Waals surface area contributed by atoms with Gasteiger partial charge in [-0.15, -0.1) is 10.2 Å². The summed E-state index contributed by atoms with van der Waals surface area (Å²) < 4.78 is 1.91. The number of nitrogens with one attached hydrogen (secondary N) is 1. The fourth-order valence-electron chi connectivity index (χ4n) is 2.19. The van der Waals surface area contributed by atoms with Crippen molar-refractivity contribution in [3.63, 3.8) is 0 Å². The molecule has 0 fully saturated rings. The third kappa shape index (κ3) is 4.37. The zero-order valence-electron chi connectivity index (χ0n) is 13.0. The van der Waals surface area contributed by atoms with Crippen molar-refractivity contribution in [1.82, 2.24) is 20.1 Å². The summed E-state index contributed by atoms with van der Waals surface area (Å²) in [5, 5.41) is 21.3. The quantitative estimate of drug-likeness (QED) is 0.763. The zero-order chi connectivity index (χ0) is 15.2. The lowest BCUT2D eigenvalue weighted by molar-refractivity contribution is 0.175. The van der Waals surface area contributed by atoms with Crippen molar-refractivity contribution in [3.8, 4) is 0 Å². The average molecular weight is 288 g/mol. The standard InChI is InChI=1S/C16H24N4O/c1-12(2)13-4-6-14(7-5-13)15(21)10-17-9-8-16-19-18-11-20(16)3/h4-7,11-12,15,17,21H,8-10H2,1-3H3. The minimum Gasteiger partial charge on any atom is -0.387 e. The molecular formula is C16H24N4O. The van der Waals surface area contributed by atoms with Crippen molar-refractivity contribution < 1.29 is 5.11 Å². The number of aryl methyl sites for hydroxylation is 1. The van der Waals surface area contributed by atoms with Crippen LogP contribution in [0.15, 0.2) is 30.6 Å². The van der Waals surface area contributed by atoms with Gasteiger partial charge in [0.1, 0.15) is 12.2 Å². The lowest BCUT2D eigenvalue weighted by atomic mass is 10.00. The van der Waals surface area contributed by atoms with Crippen molar-refractivity contribution in [2.75, 3.05) is 13.1 Å². The lowest BCUT2D eigenvalue weighted by Crippen LogP contribution is -2.24. The Bertz CT molecular complexity index is 548. The molecule has 0 bridgehead atoms. The van der Waals surface area contributed by atoms with Crippen molar-refractivity contribution in [3.05, 3.63) is 47.5 Å². The van der Waals surface area contributed by atoms with Crippen LogP contribution >= 0.6 is 0 Å². The highest BCUT2D eigenvalue weighted by Crippen LogP contribution is 2.18. The number of nitrogens with zero attached hydrogens (tertiary/aromatic N) is 3. The van der Waals surface area contributed by atoms with Crippen LogP contribution < -0.4 is 5.32 Å². The second-order valence-electron chi connectivity index (χ2n) is 5.65. The monoisotopic (exact) mass is 288 g/mol. The van der Waals surface area contributed by atoms with Crippen LogP contribution in [-0.2, 0) is 13.5 Å². The summed E-state index contributed by atoms with van der Waals surface area (Å²) in [6, 6.07) is 8.18. The largest absolute Gasteiger partial charge is 0.387 e. The van der Waals surface area contributed by atoms with Gasteiger partial charge in [-0.05, 0) is 17.0 Å². The molecule has 1 aromatic carbocycles. The molecule has 0 amide bonds. The van der Waals surface area contributed by atoms with Gasteiger partial charge >= 0.3 is 0 Å². The summed E-state index contributed by atoms with van der Waals surface area (Å²) in [4.78, 5) is 0. The van der Waals surface area contributed by atoms with Crippen LogP contribution in [0, 0.1) is 0 Å². The molecule has 2 N–H and O–H groups in total. The van der Waals surface area contributed by atoms with Gasteiger partial charge in [0.25, 0.3) is 0 Å². The van der Waals surface area contributed by atoms with E-state index in [4.69, 9.17) is 0 Å². The highest BCUT2D eigenvalue weighted by Gasteiger charge is 2.08. The van der Waals surface area contributed by atoms with E-state index in [2.05, 4.69) is 41.5 Å². The van der Waals surface area contributed by atoms with Crippen molar-refractivity contribution in [1.29, 1.82) is 0 Å². The molecule has 1 heterocycles. The number of aliphatic hydroxyl groups is 1. The van der Waals surface area contributed by atoms with Crippen LogP contribution in [0.25, 0.3) is 0 Å². The molecule has 0 saturated carbocycles. The van der Waals surface area contributed by atoms with E-state index in [1.807, 2.05) is 23.7 Å². The molecule has 0 saturated heterocycles. The zero-order valence-corrected chi connectivity index (χ0v) is 13.0. The first-order valence-electron chi connectivity index (χ1n) is 7.39. The Hall–Kier alpha value is -1.72. The highest BCUT2D eigenvalue weighted by atomic mass is 16.3. The molecule has 2 aromatic rings. The Morgan fingerprint density at radius 1 is 1.19 bits per heavy atom. The number of hydrogen-bond donors (Lipinski definition) is 2. The maximum atomic E-state index is 10.2. The molecule has 114 valence electrons. The number of rotatable bonds is 7. The van der Waals surface area contributed by atoms with Crippen LogP contribution in [0.1, 0.15) is 42.8 Å². The SMILES string of the molecule is CC(C)c1ccc(C(O)CNCCc2nncn2C)cc1. The molecule has 0 aliphatic rings. The van der Waals surface area contributed by atoms with E-state index in [0.717, 1.165) is 24.4 Å². The first-order chi connectivity index (χ1) is 10.1. The molecule has 0 aliphatic carbocycles. The van der Waals surface area contributed by atoms with E-state index >= 15 is 0 Å². The summed E-state index contributed by atoms with van der Waals surface area (Å²) in [5.41, 5.74) is 2.24. The summed E-state index contributed by atoms with van der Waals surface area (Å²) in [5.74, 6) is 1.46. The Morgan fingerprint density at radius 2 is 1.86 bits per heavy atom. The van der Waals surface area contributed by atoms with Gasteiger partial charge in [0.05, 0.1) is 6.10 Å². The Kier molecular flexibility index (Phi) is 5.47. The minimum atomic E-state index is -0.481. The number of aliphatic hydroxyl groups excluding tert-OH is 1. The van der Waals surface area contributed by atoms with Crippen LogP contribution in [-0.4, -0.2) is 33.0 Å². The van der Waals surface area contributed by atoms with Crippen LogP contribution in [0.2, 0.25) is 0 Å². The first kappa shape index (κ1) is 15.7. The summed E-state index contributed by atoms with van der Waals surface area (Å²) >= 11 is 0. The molecule has 1 aromatic heterocycles. The van der Waals surface area contributed by atoms with Gasteiger partial charge in [0, 0.05) is 26.6 Å². The smallest absolute Gasteiger partial charge is 0.133 e.